The number of thiazole rings is 1. The molecule has 2 aromatic carbocycles. The van der Waals surface area contributed by atoms with Crippen LogP contribution in [-0.2, 0) is 19.1 Å². The summed E-state index contributed by atoms with van der Waals surface area (Å²) < 4.78 is 36.8. The molecule has 1 atom stereocenters. The number of hydrogen-bond acceptors (Lipinski definition) is 9. The molecule has 0 saturated heterocycles. The second-order valence-electron chi connectivity index (χ2n) is 8.33. The van der Waals surface area contributed by atoms with Crippen molar-refractivity contribution in [2.45, 2.75) is 26.8 Å². The van der Waals surface area contributed by atoms with Crippen LogP contribution in [0.25, 0.3) is 6.08 Å². The number of rotatable bonds is 9. The third-order valence-electron chi connectivity index (χ3n) is 5.86. The monoisotopic (exact) mass is 554 g/mol. The van der Waals surface area contributed by atoms with Gasteiger partial charge in [0.1, 0.15) is 5.82 Å². The normalized spacial score (nSPS) is 14.9. The molecule has 9 nitrogen and oxygen atoms in total. The molecule has 0 bridgehead atoms. The lowest BCUT2D eigenvalue weighted by Gasteiger charge is -2.24. The van der Waals surface area contributed by atoms with Crippen molar-refractivity contribution in [2.75, 3.05) is 26.9 Å². The number of hydrogen-bond donors (Lipinski definition) is 0. The van der Waals surface area contributed by atoms with Gasteiger partial charge in [0.2, 0.25) is 0 Å². The van der Waals surface area contributed by atoms with Crippen molar-refractivity contribution in [3.63, 3.8) is 0 Å². The Kier molecular flexibility index (Phi) is 8.60. The van der Waals surface area contributed by atoms with E-state index in [-0.39, 0.29) is 31.1 Å². The summed E-state index contributed by atoms with van der Waals surface area (Å²) in [7, 11) is 1.46. The van der Waals surface area contributed by atoms with Gasteiger partial charge in [-0.2, -0.15) is 0 Å². The predicted molar refractivity (Wildman–Crippen MR) is 142 cm³/mol. The van der Waals surface area contributed by atoms with Gasteiger partial charge in [0, 0.05) is 5.56 Å². The summed E-state index contributed by atoms with van der Waals surface area (Å²) in [5.74, 6) is -0.972. The number of methoxy groups -OCH3 is 1. The fourth-order valence-corrected chi connectivity index (χ4v) is 5.23. The van der Waals surface area contributed by atoms with Crippen LogP contribution < -0.4 is 24.4 Å². The van der Waals surface area contributed by atoms with E-state index in [4.69, 9.17) is 18.9 Å². The number of carbonyl (C=O) groups excluding carboxylic acids is 2. The molecule has 0 saturated carbocycles. The number of carbonyl (C=O) groups is 2. The number of para-hydroxylation sites is 1. The third kappa shape index (κ3) is 5.78. The highest BCUT2D eigenvalue weighted by Crippen LogP contribution is 2.33. The van der Waals surface area contributed by atoms with Gasteiger partial charge in [-0.1, -0.05) is 35.6 Å². The molecule has 204 valence electrons. The van der Waals surface area contributed by atoms with E-state index in [9.17, 15) is 18.8 Å². The van der Waals surface area contributed by atoms with E-state index in [1.54, 1.807) is 45.0 Å². The molecule has 0 unspecified atom stereocenters. The first-order valence-corrected chi connectivity index (χ1v) is 13.0. The smallest absolute Gasteiger partial charge is 0.344 e. The molecule has 39 heavy (non-hydrogen) atoms. The molecule has 4 rings (SSSR count). The van der Waals surface area contributed by atoms with E-state index < -0.39 is 29.4 Å². The standard InChI is InChI=1S/C28H27FN2O7S/c1-5-36-22(32)15-38-25-18(8-7-9-20(25)35-4)14-21-26(33)31-24(17-10-12-19(29)13-11-17)23(27(34)37-6-2)16(3)30-28(31)39-21/h7-14,24H,5-6,15H2,1-4H3/b21-14-/t24-/m0/s1. The highest BCUT2D eigenvalue weighted by molar-refractivity contribution is 7.07. The van der Waals surface area contributed by atoms with E-state index in [0.29, 0.717) is 31.9 Å². The van der Waals surface area contributed by atoms with Crippen molar-refractivity contribution >= 4 is 29.4 Å². The van der Waals surface area contributed by atoms with E-state index in [1.165, 1.54) is 35.9 Å². The minimum atomic E-state index is -0.868. The van der Waals surface area contributed by atoms with Crippen LogP contribution in [0.3, 0.4) is 0 Å². The number of ether oxygens (including phenoxy) is 4. The quantitative estimate of drug-likeness (QED) is 0.375. The van der Waals surface area contributed by atoms with E-state index >= 15 is 0 Å². The van der Waals surface area contributed by atoms with E-state index in [0.717, 1.165) is 11.3 Å². The van der Waals surface area contributed by atoms with Crippen molar-refractivity contribution in [1.82, 2.24) is 4.57 Å². The maximum atomic E-state index is 13.8. The van der Waals surface area contributed by atoms with Gasteiger partial charge in [-0.05, 0) is 50.6 Å². The first kappa shape index (κ1) is 27.8. The van der Waals surface area contributed by atoms with E-state index in [2.05, 4.69) is 4.99 Å². The van der Waals surface area contributed by atoms with Crippen LogP contribution in [0, 0.1) is 5.82 Å². The van der Waals surface area contributed by atoms with Gasteiger partial charge in [-0.15, -0.1) is 0 Å². The van der Waals surface area contributed by atoms with Gasteiger partial charge in [0.25, 0.3) is 5.56 Å². The lowest BCUT2D eigenvalue weighted by molar-refractivity contribution is -0.145. The highest BCUT2D eigenvalue weighted by Gasteiger charge is 2.33. The Morgan fingerprint density at radius 2 is 1.82 bits per heavy atom. The lowest BCUT2D eigenvalue weighted by Crippen LogP contribution is -2.39. The maximum absolute atomic E-state index is 13.8. The highest BCUT2D eigenvalue weighted by atomic mass is 32.1. The van der Waals surface area contributed by atoms with Crippen molar-refractivity contribution in [2.24, 2.45) is 4.99 Å². The van der Waals surface area contributed by atoms with Gasteiger partial charge >= 0.3 is 11.9 Å². The van der Waals surface area contributed by atoms with Gasteiger partial charge in [0.05, 0.1) is 42.2 Å². The molecule has 0 fully saturated rings. The third-order valence-corrected chi connectivity index (χ3v) is 6.84. The molecule has 1 aromatic heterocycles. The molecule has 11 heteroatoms. The molecule has 1 aliphatic heterocycles. The van der Waals surface area contributed by atoms with Crippen LogP contribution in [0.15, 0.2) is 63.5 Å². The molecular weight excluding hydrogens is 527 g/mol. The number of nitrogens with zero attached hydrogens (tertiary/aromatic N) is 2. The summed E-state index contributed by atoms with van der Waals surface area (Å²) in [6, 6.07) is 9.84. The fourth-order valence-electron chi connectivity index (χ4n) is 4.19. The first-order valence-electron chi connectivity index (χ1n) is 12.2. The van der Waals surface area contributed by atoms with Gasteiger partial charge < -0.3 is 18.9 Å². The molecule has 3 aromatic rings. The van der Waals surface area contributed by atoms with Crippen LogP contribution in [0.1, 0.15) is 37.9 Å². The second kappa shape index (κ2) is 12.1. The molecular formula is C28H27FN2O7S. The molecule has 1 aliphatic rings. The Labute approximate surface area is 227 Å². The van der Waals surface area contributed by atoms with Gasteiger partial charge in [-0.25, -0.2) is 19.0 Å². The SMILES string of the molecule is CCOC(=O)COc1c(/C=c2\sc3n(c2=O)[C@@H](c2ccc(F)cc2)C(C(=O)OCC)=C(C)N=3)cccc1OC. The Hall–Kier alpha value is -4.25. The average Bonchev–Trinajstić information content (AvgIpc) is 3.21. The van der Waals surface area contributed by atoms with Crippen molar-refractivity contribution in [3.05, 3.63) is 90.4 Å². The number of fused-ring (bicyclic) bond motifs is 1. The van der Waals surface area contributed by atoms with Crippen molar-refractivity contribution < 1.29 is 32.9 Å². The topological polar surface area (TPSA) is 105 Å². The predicted octanol–water partition coefficient (Wildman–Crippen LogP) is 2.89. The van der Waals surface area contributed by atoms with Crippen LogP contribution in [-0.4, -0.2) is 43.4 Å². The Bertz CT molecular complexity index is 1610. The summed E-state index contributed by atoms with van der Waals surface area (Å²) in [6.07, 6.45) is 1.61. The molecule has 0 radical (unpaired) electrons. The summed E-state index contributed by atoms with van der Waals surface area (Å²) in [4.78, 5) is 43.6. The van der Waals surface area contributed by atoms with Crippen LogP contribution >= 0.6 is 11.3 Å². The number of halogens is 1. The van der Waals surface area contributed by atoms with Crippen LogP contribution in [0.4, 0.5) is 4.39 Å². The first-order chi connectivity index (χ1) is 18.8. The molecule has 0 amide bonds. The fraction of sp³-hybridized carbons (Fsp3) is 0.286. The molecule has 0 aliphatic carbocycles. The summed E-state index contributed by atoms with van der Waals surface area (Å²) in [5.41, 5.74) is 1.20. The Morgan fingerprint density at radius 3 is 2.49 bits per heavy atom. The zero-order valence-electron chi connectivity index (χ0n) is 21.9. The second-order valence-corrected chi connectivity index (χ2v) is 9.34. The molecule has 0 N–H and O–H groups in total. The Balaban J connectivity index is 1.88. The largest absolute Gasteiger partial charge is 0.493 e. The number of esters is 2. The number of allylic oxidation sites excluding steroid dienone is 1. The lowest BCUT2D eigenvalue weighted by atomic mass is 9.96. The van der Waals surface area contributed by atoms with Gasteiger partial charge in [0.15, 0.2) is 22.9 Å². The Morgan fingerprint density at radius 1 is 1.10 bits per heavy atom. The maximum Gasteiger partial charge on any atom is 0.344 e. The molecule has 0 spiro atoms. The molecule has 2 heterocycles. The van der Waals surface area contributed by atoms with Crippen LogP contribution in [0.2, 0.25) is 0 Å². The zero-order valence-corrected chi connectivity index (χ0v) is 22.7. The van der Waals surface area contributed by atoms with Crippen LogP contribution in [0.5, 0.6) is 11.5 Å². The van der Waals surface area contributed by atoms with E-state index in [1.807, 2.05) is 0 Å². The summed E-state index contributed by atoms with van der Waals surface area (Å²) >= 11 is 1.12. The summed E-state index contributed by atoms with van der Waals surface area (Å²) in [6.45, 7) is 5.06. The zero-order chi connectivity index (χ0) is 28.1. The minimum absolute atomic E-state index is 0.139. The summed E-state index contributed by atoms with van der Waals surface area (Å²) in [5, 5.41) is 0. The van der Waals surface area contributed by atoms with Gasteiger partial charge in [-0.3, -0.25) is 9.36 Å². The number of benzene rings is 2. The average molecular weight is 555 g/mol. The number of aromatic nitrogens is 1. The minimum Gasteiger partial charge on any atom is -0.493 e. The van der Waals surface area contributed by atoms with Crippen molar-refractivity contribution in [3.8, 4) is 11.5 Å². The van der Waals surface area contributed by atoms with Crippen molar-refractivity contribution in [1.29, 1.82) is 0 Å².